The van der Waals surface area contributed by atoms with E-state index in [-0.39, 0.29) is 29.2 Å². The average Bonchev–Trinajstić information content (AvgIpc) is 2.42. The summed E-state index contributed by atoms with van der Waals surface area (Å²) in [7, 11) is -2.59. The number of carboxylic acid groups (broad SMARTS) is 1. The highest BCUT2D eigenvalue weighted by atomic mass is 32.2. The van der Waals surface area contributed by atoms with Crippen molar-refractivity contribution in [2.75, 3.05) is 13.7 Å². The molecule has 0 saturated carbocycles. The molecule has 0 radical (unpaired) electrons. The molecule has 0 bridgehead atoms. The molecule has 0 heterocycles. The molecule has 1 aromatic rings. The smallest absolute Gasteiger partial charge is 0.335 e. The van der Waals surface area contributed by atoms with Crippen LogP contribution in [0.2, 0.25) is 0 Å². The molecule has 0 unspecified atom stereocenters. The van der Waals surface area contributed by atoms with Crippen LogP contribution in [-0.4, -0.2) is 33.1 Å². The number of unbranched alkanes of at least 4 members (excludes halogenated alkanes) is 1. The number of sulfonamides is 1. The second kappa shape index (κ2) is 6.88. The second-order valence-corrected chi connectivity index (χ2v) is 5.57. The van der Waals surface area contributed by atoms with Gasteiger partial charge >= 0.3 is 5.97 Å². The summed E-state index contributed by atoms with van der Waals surface area (Å²) in [6.07, 6.45) is 0.603. The number of nitrogens with one attached hydrogen (secondary N) is 1. The summed E-state index contributed by atoms with van der Waals surface area (Å²) < 4.78 is 31.4. The molecule has 0 amide bonds. The van der Waals surface area contributed by atoms with Crippen molar-refractivity contribution in [1.82, 2.24) is 4.72 Å². The Labute approximate surface area is 116 Å². The second-order valence-electron chi connectivity index (χ2n) is 3.83. The zero-order chi connectivity index (χ0) is 15.2. The molecule has 1 aromatic carbocycles. The van der Waals surface area contributed by atoms with E-state index in [1.54, 1.807) is 0 Å². The van der Waals surface area contributed by atoms with Gasteiger partial charge in [0.1, 0.15) is 10.6 Å². The number of benzene rings is 1. The summed E-state index contributed by atoms with van der Waals surface area (Å²) in [6.45, 7) is 0.0936. The number of ether oxygens (including phenoxy) is 1. The lowest BCUT2D eigenvalue weighted by Crippen LogP contribution is -2.25. The highest BCUT2D eigenvalue weighted by Crippen LogP contribution is 2.24. The van der Waals surface area contributed by atoms with E-state index in [0.717, 1.165) is 6.07 Å². The summed E-state index contributed by atoms with van der Waals surface area (Å²) in [5, 5.41) is 17.3. The van der Waals surface area contributed by atoms with Gasteiger partial charge in [-0.15, -0.1) is 0 Å². The van der Waals surface area contributed by atoms with Gasteiger partial charge in [0.2, 0.25) is 10.0 Å². The SMILES string of the molecule is COc1ccc(C(=O)O)cc1S(=O)(=O)NCCCC#N. The molecule has 0 aliphatic carbocycles. The minimum atomic E-state index is -3.89. The van der Waals surface area contributed by atoms with Crippen LogP contribution in [0.25, 0.3) is 0 Å². The Hall–Kier alpha value is -2.11. The molecule has 0 spiro atoms. The largest absolute Gasteiger partial charge is 0.495 e. The van der Waals surface area contributed by atoms with Crippen LogP contribution in [-0.2, 0) is 10.0 Å². The number of nitriles is 1. The van der Waals surface area contributed by atoms with E-state index in [0.29, 0.717) is 6.42 Å². The van der Waals surface area contributed by atoms with Crippen molar-refractivity contribution in [3.05, 3.63) is 23.8 Å². The molecule has 8 heteroatoms. The first-order valence-electron chi connectivity index (χ1n) is 5.70. The number of rotatable bonds is 7. The Morgan fingerprint density at radius 2 is 2.20 bits per heavy atom. The lowest BCUT2D eigenvalue weighted by Gasteiger charge is -2.11. The Balaban J connectivity index is 3.06. The van der Waals surface area contributed by atoms with Gasteiger partial charge in [0.25, 0.3) is 0 Å². The number of carbonyl (C=O) groups is 1. The maximum absolute atomic E-state index is 12.1. The molecule has 0 saturated heterocycles. The van der Waals surface area contributed by atoms with Gasteiger partial charge in [-0.2, -0.15) is 5.26 Å². The lowest BCUT2D eigenvalue weighted by molar-refractivity contribution is 0.0696. The highest BCUT2D eigenvalue weighted by Gasteiger charge is 2.21. The van der Waals surface area contributed by atoms with Crippen molar-refractivity contribution in [2.24, 2.45) is 0 Å². The number of carboxylic acids is 1. The van der Waals surface area contributed by atoms with Gasteiger partial charge in [0.15, 0.2) is 0 Å². The lowest BCUT2D eigenvalue weighted by atomic mass is 10.2. The fraction of sp³-hybridized carbons (Fsp3) is 0.333. The molecule has 108 valence electrons. The Morgan fingerprint density at radius 3 is 2.75 bits per heavy atom. The molecule has 0 aliphatic heterocycles. The molecule has 0 aliphatic rings. The summed E-state index contributed by atoms with van der Waals surface area (Å²) in [5.74, 6) is -1.17. The number of hydrogen-bond acceptors (Lipinski definition) is 5. The maximum atomic E-state index is 12.1. The zero-order valence-corrected chi connectivity index (χ0v) is 11.6. The third-order valence-electron chi connectivity index (χ3n) is 2.46. The van der Waals surface area contributed by atoms with Crippen molar-refractivity contribution < 1.29 is 23.1 Å². The summed E-state index contributed by atoms with van der Waals surface area (Å²) in [6, 6.07) is 5.48. The average molecular weight is 298 g/mol. The molecular weight excluding hydrogens is 284 g/mol. The zero-order valence-electron chi connectivity index (χ0n) is 10.8. The third kappa shape index (κ3) is 3.94. The van der Waals surface area contributed by atoms with Crippen LogP contribution < -0.4 is 9.46 Å². The van der Waals surface area contributed by atoms with E-state index in [2.05, 4.69) is 4.72 Å². The van der Waals surface area contributed by atoms with Crippen LogP contribution in [0.4, 0.5) is 0 Å². The Morgan fingerprint density at radius 1 is 1.50 bits per heavy atom. The molecule has 0 atom stereocenters. The van der Waals surface area contributed by atoms with E-state index in [1.807, 2.05) is 6.07 Å². The van der Waals surface area contributed by atoms with Crippen molar-refractivity contribution in [3.63, 3.8) is 0 Å². The Bertz CT molecular complexity index is 634. The van der Waals surface area contributed by atoms with Crippen molar-refractivity contribution in [1.29, 1.82) is 5.26 Å². The van der Waals surface area contributed by atoms with Gasteiger partial charge in [-0.3, -0.25) is 0 Å². The van der Waals surface area contributed by atoms with E-state index in [9.17, 15) is 13.2 Å². The van der Waals surface area contributed by atoms with Crippen molar-refractivity contribution in [3.8, 4) is 11.8 Å². The Kier molecular flexibility index (Phi) is 5.49. The topological polar surface area (TPSA) is 116 Å². The summed E-state index contributed by atoms with van der Waals surface area (Å²) in [4.78, 5) is 10.6. The molecule has 0 fully saturated rings. The van der Waals surface area contributed by atoms with Crippen LogP contribution in [0.3, 0.4) is 0 Å². The molecule has 1 rings (SSSR count). The summed E-state index contributed by atoms with van der Waals surface area (Å²) in [5.41, 5.74) is -0.150. The number of hydrogen-bond donors (Lipinski definition) is 2. The number of methoxy groups -OCH3 is 1. The van der Waals surface area contributed by atoms with Crippen LogP contribution in [0.5, 0.6) is 5.75 Å². The van der Waals surface area contributed by atoms with Crippen LogP contribution in [0.1, 0.15) is 23.2 Å². The van der Waals surface area contributed by atoms with Crippen molar-refractivity contribution in [2.45, 2.75) is 17.7 Å². The van der Waals surface area contributed by atoms with Gasteiger partial charge in [-0.05, 0) is 24.6 Å². The fourth-order valence-corrected chi connectivity index (χ4v) is 2.74. The van der Waals surface area contributed by atoms with E-state index in [1.165, 1.54) is 19.2 Å². The molecule has 20 heavy (non-hydrogen) atoms. The van der Waals surface area contributed by atoms with Gasteiger partial charge in [0.05, 0.1) is 18.7 Å². The minimum Gasteiger partial charge on any atom is -0.495 e. The highest BCUT2D eigenvalue weighted by molar-refractivity contribution is 7.89. The fourth-order valence-electron chi connectivity index (χ4n) is 1.47. The molecular formula is C12H14N2O5S. The van der Waals surface area contributed by atoms with Gasteiger partial charge in [-0.1, -0.05) is 0 Å². The molecule has 2 N–H and O–H groups in total. The van der Waals surface area contributed by atoms with E-state index in [4.69, 9.17) is 15.1 Å². The first-order valence-corrected chi connectivity index (χ1v) is 7.18. The monoisotopic (exact) mass is 298 g/mol. The van der Waals surface area contributed by atoms with E-state index >= 15 is 0 Å². The molecule has 7 nitrogen and oxygen atoms in total. The maximum Gasteiger partial charge on any atom is 0.335 e. The number of nitrogens with zero attached hydrogens (tertiary/aromatic N) is 1. The normalized spacial score (nSPS) is 10.8. The van der Waals surface area contributed by atoms with Gasteiger partial charge in [-0.25, -0.2) is 17.9 Å². The predicted octanol–water partition coefficient (Wildman–Crippen LogP) is 0.975. The van der Waals surface area contributed by atoms with Crippen LogP contribution in [0.15, 0.2) is 23.1 Å². The van der Waals surface area contributed by atoms with Gasteiger partial charge < -0.3 is 9.84 Å². The summed E-state index contributed by atoms with van der Waals surface area (Å²) >= 11 is 0. The van der Waals surface area contributed by atoms with Crippen molar-refractivity contribution >= 4 is 16.0 Å². The molecule has 0 aromatic heterocycles. The first-order chi connectivity index (χ1) is 9.42. The van der Waals surface area contributed by atoms with Crippen LogP contribution >= 0.6 is 0 Å². The van der Waals surface area contributed by atoms with Crippen LogP contribution in [0, 0.1) is 11.3 Å². The quantitative estimate of drug-likeness (QED) is 0.725. The number of aromatic carboxylic acids is 1. The predicted molar refractivity (Wildman–Crippen MR) is 70.0 cm³/mol. The first kappa shape index (κ1) is 15.9. The van der Waals surface area contributed by atoms with Gasteiger partial charge in [0, 0.05) is 13.0 Å². The third-order valence-corrected chi connectivity index (χ3v) is 3.94. The minimum absolute atomic E-state index is 0.0581. The standard InChI is InChI=1S/C12H14N2O5S/c1-19-10-5-4-9(12(15)16)8-11(10)20(17,18)14-7-3-2-6-13/h4-5,8,14H,2-3,7H2,1H3,(H,15,16). The van der Waals surface area contributed by atoms with E-state index < -0.39 is 16.0 Å².